The summed E-state index contributed by atoms with van der Waals surface area (Å²) in [7, 11) is 0. The van der Waals surface area contributed by atoms with Crippen LogP contribution < -0.4 is 16.0 Å². The number of carbonyl (C=O) groups excluding carboxylic acids is 3. The van der Waals surface area contributed by atoms with Gasteiger partial charge in [-0.1, -0.05) is 287 Å². The molecule has 76 heavy (non-hydrogen) atoms. The fourth-order valence-electron chi connectivity index (χ4n) is 10.2. The van der Waals surface area contributed by atoms with Crippen LogP contribution in [-0.4, -0.2) is 111 Å². The Labute approximate surface area is 477 Å². The Bertz CT molecular complexity index is 1090. The first-order valence-electron chi connectivity index (χ1n) is 33.8. The van der Waals surface area contributed by atoms with E-state index in [1.807, 2.05) is 0 Å². The molecule has 0 aromatic heterocycles. The molecule has 0 aliphatic carbocycles. The van der Waals surface area contributed by atoms with Crippen LogP contribution in [0.1, 0.15) is 338 Å². The van der Waals surface area contributed by atoms with E-state index in [0.29, 0.717) is 19.3 Å². The van der Waals surface area contributed by atoms with Crippen molar-refractivity contribution in [2.75, 3.05) is 78.5 Å². The number of rotatable bonds is 60. The maximum absolute atomic E-state index is 12.4. The van der Waals surface area contributed by atoms with E-state index in [0.717, 1.165) is 104 Å². The van der Waals surface area contributed by atoms with Gasteiger partial charge >= 0.3 is 0 Å². The summed E-state index contributed by atoms with van der Waals surface area (Å²) in [6, 6.07) is 0. The highest BCUT2D eigenvalue weighted by Crippen LogP contribution is 2.15. The molecule has 0 atom stereocenters. The minimum Gasteiger partial charge on any atom is -0.356 e. The van der Waals surface area contributed by atoms with Crippen LogP contribution in [0.3, 0.4) is 0 Å². The zero-order valence-electron chi connectivity index (χ0n) is 52.2. The average Bonchev–Trinajstić information content (AvgIpc) is 3.42. The van der Waals surface area contributed by atoms with Crippen LogP contribution in [0, 0.1) is 0 Å². The number of hydrogen-bond donors (Lipinski definition) is 3. The Hall–Kier alpha value is -1.71. The molecule has 0 radical (unpaired) electrons. The van der Waals surface area contributed by atoms with Crippen molar-refractivity contribution in [2.24, 2.45) is 0 Å². The zero-order valence-corrected chi connectivity index (χ0v) is 52.2. The highest BCUT2D eigenvalue weighted by atomic mass is 16.2. The molecule has 9 nitrogen and oxygen atoms in total. The van der Waals surface area contributed by atoms with Crippen LogP contribution in [0.4, 0.5) is 0 Å². The van der Waals surface area contributed by atoms with E-state index < -0.39 is 0 Å². The number of amides is 3. The molecule has 0 aliphatic rings. The SMILES string of the molecule is C.CCCCCCCCCCCCCCNC(=O)CCN(CC)CCCCCC.CCCCCCCCCCCCCCNC(=O)CCN(CC)CCCN(CC)CCC(=O)NCCCCCCCCCCCCCC. The Morgan fingerprint density at radius 3 is 0.632 bits per heavy atom. The first-order valence-corrected chi connectivity index (χ1v) is 33.8. The Morgan fingerprint density at radius 2 is 0.421 bits per heavy atom. The Morgan fingerprint density at radius 1 is 0.237 bits per heavy atom. The molecule has 0 saturated heterocycles. The van der Waals surface area contributed by atoms with Crippen molar-refractivity contribution in [3.05, 3.63) is 0 Å². The minimum absolute atomic E-state index is 0. The van der Waals surface area contributed by atoms with E-state index in [1.54, 1.807) is 0 Å². The van der Waals surface area contributed by atoms with Crippen LogP contribution in [0.25, 0.3) is 0 Å². The number of unbranched alkanes of at least 4 members (excludes halogenated alkanes) is 36. The predicted molar refractivity (Wildman–Crippen MR) is 338 cm³/mol. The average molecular weight is 1080 g/mol. The van der Waals surface area contributed by atoms with Gasteiger partial charge in [0.2, 0.25) is 17.7 Å². The van der Waals surface area contributed by atoms with Crippen molar-refractivity contribution < 1.29 is 14.4 Å². The van der Waals surface area contributed by atoms with Gasteiger partial charge in [-0.05, 0) is 71.4 Å². The first kappa shape index (κ1) is 78.5. The maximum Gasteiger partial charge on any atom is 0.221 e. The third-order valence-electron chi connectivity index (χ3n) is 15.6. The molecule has 0 bridgehead atoms. The summed E-state index contributed by atoms with van der Waals surface area (Å²) in [4.78, 5) is 43.9. The van der Waals surface area contributed by atoms with E-state index in [4.69, 9.17) is 0 Å². The molecule has 9 heteroatoms. The zero-order chi connectivity index (χ0) is 55.2. The lowest BCUT2D eigenvalue weighted by Gasteiger charge is -2.24. The molecular formula is C67H140N6O3. The minimum atomic E-state index is 0. The van der Waals surface area contributed by atoms with Gasteiger partial charge in [0.15, 0.2) is 0 Å². The molecule has 0 aromatic rings. The van der Waals surface area contributed by atoms with Gasteiger partial charge in [-0.2, -0.15) is 0 Å². The van der Waals surface area contributed by atoms with Gasteiger partial charge in [0, 0.05) is 58.5 Å². The standard InChI is InChI=1S/C41H84N4O2.C25H52N2O.CH4/c1-5-9-11-13-15-17-19-21-23-25-27-29-34-42-40(46)32-38-44(7-3)36-31-37-45(8-4)39-33-41(47)43-35-30-28-26-24-22-20-18-16-14-12-10-6-2;1-4-7-9-11-12-13-14-15-16-17-18-19-22-26-25(28)21-24-27(6-3)23-20-10-8-5-2;/h5-39H2,1-4H3,(H,42,46)(H,43,47);4-24H2,1-3H3,(H,26,28);1H4. The van der Waals surface area contributed by atoms with Crippen LogP contribution >= 0.6 is 0 Å². The monoisotopic (exact) mass is 1080 g/mol. The van der Waals surface area contributed by atoms with E-state index in [2.05, 4.69) is 79.1 Å². The molecule has 0 fully saturated rings. The summed E-state index contributed by atoms with van der Waals surface area (Å²) < 4.78 is 0. The highest BCUT2D eigenvalue weighted by Gasteiger charge is 2.11. The number of hydrogen-bond acceptors (Lipinski definition) is 6. The fraction of sp³-hybridized carbons (Fsp3) is 0.955. The molecule has 3 amide bonds. The Kier molecular flexibility index (Phi) is 69.8. The van der Waals surface area contributed by atoms with Gasteiger partial charge in [0.05, 0.1) is 0 Å². The van der Waals surface area contributed by atoms with Gasteiger partial charge in [0.1, 0.15) is 0 Å². The molecule has 456 valence electrons. The molecule has 0 aliphatic heterocycles. The largest absolute Gasteiger partial charge is 0.356 e. The predicted octanol–water partition coefficient (Wildman–Crippen LogP) is 18.2. The normalized spacial score (nSPS) is 11.3. The lowest BCUT2D eigenvalue weighted by atomic mass is 10.1. The summed E-state index contributed by atoms with van der Waals surface area (Å²) in [5.74, 6) is 0.613. The number of nitrogens with zero attached hydrogens (tertiary/aromatic N) is 3. The molecule has 0 heterocycles. The van der Waals surface area contributed by atoms with Crippen LogP contribution in [0.2, 0.25) is 0 Å². The topological polar surface area (TPSA) is 97.0 Å². The maximum atomic E-state index is 12.4. The molecule has 0 aromatic carbocycles. The van der Waals surface area contributed by atoms with E-state index in [1.165, 1.54) is 238 Å². The number of carbonyl (C=O) groups is 3. The van der Waals surface area contributed by atoms with E-state index >= 15 is 0 Å². The molecule has 0 spiro atoms. The molecular weight excluding hydrogens is 937 g/mol. The lowest BCUT2D eigenvalue weighted by molar-refractivity contribution is -0.122. The van der Waals surface area contributed by atoms with E-state index in [-0.39, 0.29) is 25.1 Å². The molecule has 0 unspecified atom stereocenters. The van der Waals surface area contributed by atoms with E-state index in [9.17, 15) is 14.4 Å². The molecule has 0 rings (SSSR count). The third kappa shape index (κ3) is 63.1. The van der Waals surface area contributed by atoms with Gasteiger partial charge in [-0.15, -0.1) is 0 Å². The smallest absolute Gasteiger partial charge is 0.221 e. The van der Waals surface area contributed by atoms with Crippen molar-refractivity contribution in [1.29, 1.82) is 0 Å². The van der Waals surface area contributed by atoms with Crippen LogP contribution in [0.15, 0.2) is 0 Å². The van der Waals surface area contributed by atoms with Crippen molar-refractivity contribution >= 4 is 17.7 Å². The lowest BCUT2D eigenvalue weighted by Crippen LogP contribution is -2.35. The van der Waals surface area contributed by atoms with Crippen molar-refractivity contribution in [1.82, 2.24) is 30.7 Å². The van der Waals surface area contributed by atoms with Gasteiger partial charge in [0.25, 0.3) is 0 Å². The second kappa shape index (κ2) is 67.6. The summed E-state index contributed by atoms with van der Waals surface area (Å²) in [5.41, 5.74) is 0. The second-order valence-electron chi connectivity index (χ2n) is 22.7. The summed E-state index contributed by atoms with van der Waals surface area (Å²) in [5, 5.41) is 9.38. The molecule has 0 saturated carbocycles. The third-order valence-corrected chi connectivity index (χ3v) is 15.6. The van der Waals surface area contributed by atoms with Crippen LogP contribution in [0.5, 0.6) is 0 Å². The fourth-order valence-corrected chi connectivity index (χ4v) is 10.2. The van der Waals surface area contributed by atoms with Gasteiger partial charge < -0.3 is 30.7 Å². The van der Waals surface area contributed by atoms with Gasteiger partial charge in [-0.3, -0.25) is 14.4 Å². The number of nitrogens with one attached hydrogen (secondary N) is 3. The second-order valence-corrected chi connectivity index (χ2v) is 22.7. The molecule has 3 N–H and O–H groups in total. The quantitative estimate of drug-likeness (QED) is 0.0525. The summed E-state index contributed by atoms with van der Waals surface area (Å²) >= 11 is 0. The summed E-state index contributed by atoms with van der Waals surface area (Å²) in [6.07, 6.45) is 56.7. The highest BCUT2D eigenvalue weighted by molar-refractivity contribution is 5.76. The first-order chi connectivity index (χ1) is 36.8. The van der Waals surface area contributed by atoms with Gasteiger partial charge in [-0.25, -0.2) is 0 Å². The summed E-state index contributed by atoms with van der Waals surface area (Å²) in [6.45, 7) is 26.9. The van der Waals surface area contributed by atoms with Crippen molar-refractivity contribution in [2.45, 2.75) is 338 Å². The van der Waals surface area contributed by atoms with Crippen LogP contribution in [-0.2, 0) is 14.4 Å². The Balaban J connectivity index is -0.00000157. The van der Waals surface area contributed by atoms with Crippen molar-refractivity contribution in [3.8, 4) is 0 Å². The van der Waals surface area contributed by atoms with Crippen molar-refractivity contribution in [3.63, 3.8) is 0 Å².